The maximum Gasteiger partial charge on any atom is 0.338 e. The number of amides is 1. The lowest BCUT2D eigenvalue weighted by Crippen LogP contribution is -2.59. The molecule has 11 nitrogen and oxygen atoms in total. The first kappa shape index (κ1) is 21.8. The minimum Gasteiger partial charge on any atom is -0.457 e. The minimum absolute atomic E-state index is 0.0562. The number of carbonyl (C=O) groups excluding carboxylic acids is 2. The second-order valence-corrected chi connectivity index (χ2v) is 9.15. The van der Waals surface area contributed by atoms with Gasteiger partial charge in [-0.25, -0.2) is 9.78 Å². The van der Waals surface area contributed by atoms with Gasteiger partial charge in [-0.05, 0) is 46.2 Å². The lowest BCUT2D eigenvalue weighted by atomic mass is 9.94. The molecule has 3 aromatic rings. The molecular formula is C24H25N7O4. The lowest BCUT2D eigenvalue weighted by Gasteiger charge is -2.46. The van der Waals surface area contributed by atoms with Crippen LogP contribution in [0, 0.1) is 6.92 Å². The maximum atomic E-state index is 13.0. The Morgan fingerprint density at radius 1 is 1.17 bits per heavy atom. The summed E-state index contributed by atoms with van der Waals surface area (Å²) in [6, 6.07) is 7.69. The van der Waals surface area contributed by atoms with Gasteiger partial charge in [0, 0.05) is 37.9 Å². The molecule has 0 saturated carbocycles. The van der Waals surface area contributed by atoms with Crippen LogP contribution in [0.2, 0.25) is 0 Å². The van der Waals surface area contributed by atoms with Crippen molar-refractivity contribution in [3.8, 4) is 5.82 Å². The molecule has 0 spiro atoms. The fourth-order valence-electron chi connectivity index (χ4n) is 5.12. The highest BCUT2D eigenvalue weighted by Gasteiger charge is 2.36. The largest absolute Gasteiger partial charge is 0.457 e. The quantitative estimate of drug-likeness (QED) is 0.507. The number of hydrogen-bond donors (Lipinski definition) is 0. The van der Waals surface area contributed by atoms with Crippen LogP contribution in [-0.4, -0.2) is 85.7 Å². The number of tetrazole rings is 1. The molecule has 0 aliphatic carbocycles. The van der Waals surface area contributed by atoms with E-state index in [-0.39, 0.29) is 24.0 Å². The standard InChI is InChI=1S/C24H25N7O4/c1-15-18(3-4-19-20(15)13-35-24(19)33)21-11-29-6-7-30(10-17(29)12-34-21)23(32)8-16-2-5-22(25-9-16)31-14-26-27-28-31/h2-5,9,14,17,21H,6-8,10-13H2,1H3/t17-,21-/m0/s1. The van der Waals surface area contributed by atoms with Gasteiger partial charge < -0.3 is 14.4 Å². The number of fused-ring (bicyclic) bond motifs is 2. The lowest BCUT2D eigenvalue weighted by molar-refractivity contribution is -0.139. The predicted molar refractivity (Wildman–Crippen MR) is 122 cm³/mol. The van der Waals surface area contributed by atoms with Crippen LogP contribution in [0.1, 0.15) is 38.7 Å². The second-order valence-electron chi connectivity index (χ2n) is 9.15. The molecule has 2 aromatic heterocycles. The first-order chi connectivity index (χ1) is 17.1. The van der Waals surface area contributed by atoms with E-state index in [9.17, 15) is 9.59 Å². The fraction of sp³-hybridized carbons (Fsp3) is 0.417. The number of esters is 1. The highest BCUT2D eigenvalue weighted by atomic mass is 16.5. The van der Waals surface area contributed by atoms with Crippen molar-refractivity contribution in [3.63, 3.8) is 0 Å². The van der Waals surface area contributed by atoms with E-state index < -0.39 is 0 Å². The monoisotopic (exact) mass is 475 g/mol. The van der Waals surface area contributed by atoms with E-state index in [1.165, 1.54) is 11.0 Å². The van der Waals surface area contributed by atoms with Gasteiger partial charge in [0.25, 0.3) is 0 Å². The number of pyridine rings is 1. The van der Waals surface area contributed by atoms with Crippen molar-refractivity contribution in [2.45, 2.75) is 32.1 Å². The number of rotatable bonds is 4. The molecule has 3 aliphatic rings. The van der Waals surface area contributed by atoms with Gasteiger partial charge >= 0.3 is 5.97 Å². The van der Waals surface area contributed by atoms with E-state index in [1.54, 1.807) is 12.3 Å². The molecular weight excluding hydrogens is 450 g/mol. The third-order valence-electron chi connectivity index (χ3n) is 7.15. The number of hydrogen-bond acceptors (Lipinski definition) is 9. The van der Waals surface area contributed by atoms with Crippen LogP contribution in [-0.2, 0) is 27.3 Å². The Hall–Kier alpha value is -3.70. The van der Waals surface area contributed by atoms with Gasteiger partial charge in [0.1, 0.15) is 12.9 Å². The van der Waals surface area contributed by atoms with Crippen LogP contribution in [0.25, 0.3) is 5.82 Å². The van der Waals surface area contributed by atoms with Gasteiger partial charge in [0.15, 0.2) is 5.82 Å². The number of benzene rings is 1. The van der Waals surface area contributed by atoms with Crippen molar-refractivity contribution in [2.24, 2.45) is 0 Å². The Morgan fingerprint density at radius 3 is 2.89 bits per heavy atom. The highest BCUT2D eigenvalue weighted by molar-refractivity contribution is 5.94. The SMILES string of the molecule is Cc1c([C@@H]2CN3CCN(C(=O)Cc4ccc(-n5cnnn5)nc4)C[C@H]3CO2)ccc2c1COC2=O. The molecule has 2 saturated heterocycles. The molecule has 1 aromatic carbocycles. The molecule has 5 heterocycles. The number of morpholine rings is 1. The molecule has 0 N–H and O–H groups in total. The molecule has 6 rings (SSSR count). The van der Waals surface area contributed by atoms with Gasteiger partial charge in [0.05, 0.1) is 30.7 Å². The van der Waals surface area contributed by atoms with Crippen LogP contribution in [0.15, 0.2) is 36.8 Å². The summed E-state index contributed by atoms with van der Waals surface area (Å²) in [4.78, 5) is 33.5. The van der Waals surface area contributed by atoms with E-state index in [2.05, 4.69) is 25.4 Å². The Labute approximate surface area is 201 Å². The average molecular weight is 476 g/mol. The minimum atomic E-state index is -0.251. The number of nitrogens with zero attached hydrogens (tertiary/aromatic N) is 7. The summed E-state index contributed by atoms with van der Waals surface area (Å²) < 4.78 is 12.9. The first-order valence-electron chi connectivity index (χ1n) is 11.7. The second kappa shape index (κ2) is 8.82. The molecule has 35 heavy (non-hydrogen) atoms. The molecule has 11 heteroatoms. The zero-order valence-electron chi connectivity index (χ0n) is 19.3. The predicted octanol–water partition coefficient (Wildman–Crippen LogP) is 0.863. The van der Waals surface area contributed by atoms with Gasteiger partial charge in [-0.2, -0.15) is 4.68 Å². The van der Waals surface area contributed by atoms with Gasteiger partial charge in [-0.1, -0.05) is 12.1 Å². The number of ether oxygens (including phenoxy) is 2. The molecule has 2 fully saturated rings. The van der Waals surface area contributed by atoms with E-state index in [4.69, 9.17) is 9.47 Å². The van der Waals surface area contributed by atoms with Gasteiger partial charge in [-0.15, -0.1) is 5.10 Å². The summed E-state index contributed by atoms with van der Waals surface area (Å²) in [6.45, 7) is 5.83. The summed E-state index contributed by atoms with van der Waals surface area (Å²) in [5.41, 5.74) is 4.66. The number of piperazine rings is 1. The van der Waals surface area contributed by atoms with Gasteiger partial charge in [-0.3, -0.25) is 9.69 Å². The van der Waals surface area contributed by atoms with Crippen molar-refractivity contribution < 1.29 is 19.1 Å². The highest BCUT2D eigenvalue weighted by Crippen LogP contribution is 2.33. The average Bonchev–Trinajstić information content (AvgIpc) is 3.55. The Bertz CT molecular complexity index is 1260. The Balaban J connectivity index is 1.07. The van der Waals surface area contributed by atoms with Gasteiger partial charge in [0.2, 0.25) is 5.91 Å². The summed E-state index contributed by atoms with van der Waals surface area (Å²) >= 11 is 0. The Morgan fingerprint density at radius 2 is 2.09 bits per heavy atom. The molecule has 0 bridgehead atoms. The zero-order valence-corrected chi connectivity index (χ0v) is 19.3. The van der Waals surface area contributed by atoms with E-state index in [1.807, 2.05) is 30.0 Å². The van der Waals surface area contributed by atoms with Crippen LogP contribution >= 0.6 is 0 Å². The molecule has 0 unspecified atom stereocenters. The third-order valence-corrected chi connectivity index (χ3v) is 7.15. The molecule has 1 amide bonds. The molecule has 180 valence electrons. The van der Waals surface area contributed by atoms with E-state index in [0.29, 0.717) is 44.1 Å². The number of cyclic esters (lactones) is 1. The summed E-state index contributed by atoms with van der Waals surface area (Å²) in [7, 11) is 0. The van der Waals surface area contributed by atoms with E-state index >= 15 is 0 Å². The number of aromatic nitrogens is 5. The Kier molecular flexibility index (Phi) is 5.50. The zero-order chi connectivity index (χ0) is 23.9. The van der Waals surface area contributed by atoms with Crippen molar-refractivity contribution in [1.82, 2.24) is 35.0 Å². The molecule has 0 radical (unpaired) electrons. The third kappa shape index (κ3) is 4.06. The van der Waals surface area contributed by atoms with Crippen LogP contribution < -0.4 is 0 Å². The van der Waals surface area contributed by atoms with Crippen molar-refractivity contribution in [2.75, 3.05) is 32.8 Å². The smallest absolute Gasteiger partial charge is 0.338 e. The normalized spacial score (nSPS) is 22.0. The summed E-state index contributed by atoms with van der Waals surface area (Å²) in [5.74, 6) is 0.439. The summed E-state index contributed by atoms with van der Waals surface area (Å²) in [6.07, 6.45) is 3.41. The number of carbonyl (C=O) groups is 2. The van der Waals surface area contributed by atoms with E-state index in [0.717, 1.165) is 35.3 Å². The topological polar surface area (TPSA) is 116 Å². The van der Waals surface area contributed by atoms with Crippen molar-refractivity contribution >= 4 is 11.9 Å². The van der Waals surface area contributed by atoms with Crippen LogP contribution in [0.3, 0.4) is 0 Å². The van der Waals surface area contributed by atoms with Crippen LogP contribution in [0.4, 0.5) is 0 Å². The van der Waals surface area contributed by atoms with Crippen molar-refractivity contribution in [1.29, 1.82) is 0 Å². The molecule has 2 atom stereocenters. The fourth-order valence-corrected chi connectivity index (χ4v) is 5.12. The summed E-state index contributed by atoms with van der Waals surface area (Å²) in [5, 5.41) is 11.0. The maximum absolute atomic E-state index is 13.0. The molecule has 3 aliphatic heterocycles. The first-order valence-corrected chi connectivity index (χ1v) is 11.7. The van der Waals surface area contributed by atoms with Crippen LogP contribution in [0.5, 0.6) is 0 Å². The van der Waals surface area contributed by atoms with Crippen molar-refractivity contribution in [3.05, 3.63) is 64.6 Å².